The van der Waals surface area contributed by atoms with E-state index in [1.54, 1.807) is 6.92 Å². The van der Waals surface area contributed by atoms with E-state index in [0.29, 0.717) is 13.0 Å². The van der Waals surface area contributed by atoms with Gasteiger partial charge in [0.15, 0.2) is 0 Å². The van der Waals surface area contributed by atoms with E-state index in [4.69, 9.17) is 0 Å². The van der Waals surface area contributed by atoms with Crippen LogP contribution < -0.4 is 0 Å². The van der Waals surface area contributed by atoms with Gasteiger partial charge in [-0.25, -0.2) is 13.4 Å². The van der Waals surface area contributed by atoms with E-state index in [2.05, 4.69) is 21.7 Å². The molecule has 1 N–H and O–H groups in total. The van der Waals surface area contributed by atoms with Gasteiger partial charge in [-0.3, -0.25) is 0 Å². The quantitative estimate of drug-likeness (QED) is 0.913. The second-order valence-electron chi connectivity index (χ2n) is 6.50. The Bertz CT molecular complexity index is 861. The van der Waals surface area contributed by atoms with Gasteiger partial charge in [0.05, 0.1) is 36.1 Å². The van der Waals surface area contributed by atoms with Crippen LogP contribution >= 0.6 is 0 Å². The fourth-order valence-corrected chi connectivity index (χ4v) is 5.16. The molecular formula is C17H21N3O3S. The van der Waals surface area contributed by atoms with Crippen LogP contribution in [0.3, 0.4) is 0 Å². The topological polar surface area (TPSA) is 75.4 Å². The Morgan fingerprint density at radius 1 is 1.33 bits per heavy atom. The average Bonchev–Trinajstić information content (AvgIpc) is 3.16. The molecular weight excluding hydrogens is 326 g/mol. The van der Waals surface area contributed by atoms with Crippen molar-refractivity contribution in [2.45, 2.75) is 25.5 Å². The first-order valence-electron chi connectivity index (χ1n) is 8.30. The zero-order valence-corrected chi connectivity index (χ0v) is 14.4. The van der Waals surface area contributed by atoms with Gasteiger partial charge in [0, 0.05) is 24.6 Å². The molecule has 0 amide bonds. The number of rotatable bonds is 3. The molecule has 1 aromatic carbocycles. The molecule has 0 aliphatic carbocycles. The van der Waals surface area contributed by atoms with Crippen LogP contribution in [0.25, 0.3) is 11.3 Å². The monoisotopic (exact) mass is 347 g/mol. The highest BCUT2D eigenvalue weighted by molar-refractivity contribution is 7.89. The lowest BCUT2D eigenvalue weighted by atomic mass is 9.84. The van der Waals surface area contributed by atoms with Gasteiger partial charge in [-0.2, -0.15) is 4.31 Å². The summed E-state index contributed by atoms with van der Waals surface area (Å²) in [6.45, 7) is 2.27. The molecule has 2 aliphatic heterocycles. The Kier molecular flexibility index (Phi) is 3.74. The van der Waals surface area contributed by atoms with Gasteiger partial charge in [0.2, 0.25) is 10.0 Å². The van der Waals surface area contributed by atoms with Crippen molar-refractivity contribution in [2.75, 3.05) is 18.8 Å². The van der Waals surface area contributed by atoms with Crippen LogP contribution in [-0.4, -0.2) is 52.3 Å². The van der Waals surface area contributed by atoms with Crippen molar-refractivity contribution < 1.29 is 13.5 Å². The van der Waals surface area contributed by atoms with Crippen molar-refractivity contribution in [3.05, 3.63) is 42.4 Å². The van der Waals surface area contributed by atoms with Gasteiger partial charge in [-0.1, -0.05) is 24.3 Å². The van der Waals surface area contributed by atoms with E-state index >= 15 is 0 Å². The summed E-state index contributed by atoms with van der Waals surface area (Å²) in [4.78, 5) is 4.26. The number of aromatic nitrogens is 2. The number of imidazole rings is 1. The second kappa shape index (κ2) is 5.68. The summed E-state index contributed by atoms with van der Waals surface area (Å²) in [7, 11) is -3.26. The maximum Gasteiger partial charge on any atom is 0.213 e. The zero-order chi connectivity index (χ0) is 16.9. The number of piperidine rings is 1. The van der Waals surface area contributed by atoms with Crippen LogP contribution in [-0.2, 0) is 10.0 Å². The predicted octanol–water partition coefficient (Wildman–Crippen LogP) is 1.49. The van der Waals surface area contributed by atoms with Crippen molar-refractivity contribution in [3.8, 4) is 11.3 Å². The summed E-state index contributed by atoms with van der Waals surface area (Å²) in [5.41, 5.74) is 3.40. The van der Waals surface area contributed by atoms with E-state index in [0.717, 1.165) is 11.3 Å². The first-order chi connectivity index (χ1) is 11.5. The summed E-state index contributed by atoms with van der Waals surface area (Å²) < 4.78 is 27.7. The Labute approximate surface area is 141 Å². The van der Waals surface area contributed by atoms with Gasteiger partial charge in [-0.15, -0.1) is 0 Å². The summed E-state index contributed by atoms with van der Waals surface area (Å²) in [5.74, 6) is 0.0485. The van der Waals surface area contributed by atoms with E-state index in [-0.39, 0.29) is 24.3 Å². The SMILES string of the molecule is CCS(=O)(=O)N1CC[C@@H](C2c3ccccc3-c3cncn32)[C@H](O)C1. The summed E-state index contributed by atoms with van der Waals surface area (Å²) >= 11 is 0. The van der Waals surface area contributed by atoms with Gasteiger partial charge in [0.1, 0.15) is 0 Å². The number of hydrogen-bond donors (Lipinski definition) is 1. The fraction of sp³-hybridized carbons (Fsp3) is 0.471. The molecule has 0 radical (unpaired) electrons. The largest absolute Gasteiger partial charge is 0.391 e. The molecule has 6 nitrogen and oxygen atoms in total. The van der Waals surface area contributed by atoms with Crippen molar-refractivity contribution in [1.82, 2.24) is 13.9 Å². The highest BCUT2D eigenvalue weighted by Crippen LogP contribution is 2.45. The Hall–Kier alpha value is -1.70. The average molecular weight is 347 g/mol. The van der Waals surface area contributed by atoms with Crippen LogP contribution in [0.5, 0.6) is 0 Å². The summed E-state index contributed by atoms with van der Waals surface area (Å²) in [5, 5.41) is 10.7. The smallest absolute Gasteiger partial charge is 0.213 e. The van der Waals surface area contributed by atoms with E-state index < -0.39 is 16.1 Å². The number of nitrogens with zero attached hydrogens (tertiary/aromatic N) is 3. The number of sulfonamides is 1. The van der Waals surface area contributed by atoms with Crippen molar-refractivity contribution >= 4 is 10.0 Å². The van der Waals surface area contributed by atoms with Crippen LogP contribution in [0.15, 0.2) is 36.8 Å². The maximum absolute atomic E-state index is 12.1. The molecule has 2 aromatic rings. The molecule has 7 heteroatoms. The number of benzene rings is 1. The maximum atomic E-state index is 12.1. The third kappa shape index (κ3) is 2.30. The fourth-order valence-electron chi connectivity index (χ4n) is 4.03. The standard InChI is InChI=1S/C17H21N3O3S/c1-2-24(22,23)19-8-7-14(16(21)10-19)17-13-6-4-3-5-12(13)15-9-18-11-20(15)17/h3-6,9,11,14,16-17,21H,2,7-8,10H2,1H3/t14-,16-,17?/m1/s1. The molecule has 2 aliphatic rings. The molecule has 128 valence electrons. The van der Waals surface area contributed by atoms with Gasteiger partial charge < -0.3 is 9.67 Å². The first-order valence-corrected chi connectivity index (χ1v) is 9.91. The summed E-state index contributed by atoms with van der Waals surface area (Å²) in [6, 6.07) is 8.20. The minimum atomic E-state index is -3.26. The highest BCUT2D eigenvalue weighted by Gasteiger charge is 2.41. The molecule has 1 saturated heterocycles. The van der Waals surface area contributed by atoms with Gasteiger partial charge in [0.25, 0.3) is 0 Å². The first kappa shape index (κ1) is 15.8. The molecule has 4 rings (SSSR count). The molecule has 1 aromatic heterocycles. The Morgan fingerprint density at radius 2 is 2.12 bits per heavy atom. The lowest BCUT2D eigenvalue weighted by molar-refractivity contribution is 0.0343. The predicted molar refractivity (Wildman–Crippen MR) is 90.9 cm³/mol. The van der Waals surface area contributed by atoms with Crippen LogP contribution in [0.1, 0.15) is 24.9 Å². The molecule has 24 heavy (non-hydrogen) atoms. The molecule has 0 bridgehead atoms. The number of aliphatic hydroxyl groups excluding tert-OH is 1. The zero-order valence-electron chi connectivity index (χ0n) is 13.5. The third-order valence-corrected chi connectivity index (χ3v) is 7.13. The molecule has 0 spiro atoms. The molecule has 3 heterocycles. The normalized spacial score (nSPS) is 27.0. The van der Waals surface area contributed by atoms with Crippen molar-refractivity contribution in [2.24, 2.45) is 5.92 Å². The Morgan fingerprint density at radius 3 is 2.88 bits per heavy atom. The number of β-amino-alcohol motifs (C(OH)–C–C–N with tert-alkyl or cyclic N) is 1. The van der Waals surface area contributed by atoms with E-state index in [1.165, 1.54) is 9.87 Å². The molecule has 3 atom stereocenters. The molecule has 0 saturated carbocycles. The highest BCUT2D eigenvalue weighted by atomic mass is 32.2. The third-order valence-electron chi connectivity index (χ3n) is 5.28. The second-order valence-corrected chi connectivity index (χ2v) is 8.75. The Balaban J connectivity index is 1.66. The minimum Gasteiger partial charge on any atom is -0.391 e. The van der Waals surface area contributed by atoms with Crippen LogP contribution in [0.4, 0.5) is 0 Å². The molecule has 1 unspecified atom stereocenters. The van der Waals surface area contributed by atoms with Gasteiger partial charge in [-0.05, 0) is 18.9 Å². The summed E-state index contributed by atoms with van der Waals surface area (Å²) in [6.07, 6.45) is 3.60. The van der Waals surface area contributed by atoms with Crippen LogP contribution in [0, 0.1) is 5.92 Å². The van der Waals surface area contributed by atoms with Crippen molar-refractivity contribution in [1.29, 1.82) is 0 Å². The van der Waals surface area contributed by atoms with E-state index in [1.807, 2.05) is 24.7 Å². The number of hydrogen-bond acceptors (Lipinski definition) is 4. The van der Waals surface area contributed by atoms with Gasteiger partial charge >= 0.3 is 0 Å². The lowest BCUT2D eigenvalue weighted by Crippen LogP contribution is -2.49. The number of aliphatic hydroxyl groups is 1. The minimum absolute atomic E-state index is 0.0141. The van der Waals surface area contributed by atoms with Crippen molar-refractivity contribution in [3.63, 3.8) is 0 Å². The van der Waals surface area contributed by atoms with Crippen LogP contribution in [0.2, 0.25) is 0 Å². The van der Waals surface area contributed by atoms with E-state index in [9.17, 15) is 13.5 Å². The molecule has 1 fully saturated rings. The lowest BCUT2D eigenvalue weighted by Gasteiger charge is -2.38. The number of fused-ring (bicyclic) bond motifs is 3.